The molecule has 0 aliphatic carbocycles. The molecule has 1 aliphatic heterocycles. The lowest BCUT2D eigenvalue weighted by atomic mass is 9.92. The van der Waals surface area contributed by atoms with Crippen molar-refractivity contribution in [1.82, 2.24) is 0 Å². The fourth-order valence-electron chi connectivity index (χ4n) is 3.20. The summed E-state index contributed by atoms with van der Waals surface area (Å²) in [6.45, 7) is 3.73. The number of aryl methyl sites for hydroxylation is 2. The number of fused-ring (bicyclic) bond motifs is 1. The predicted molar refractivity (Wildman–Crippen MR) is 101 cm³/mol. The highest BCUT2D eigenvalue weighted by molar-refractivity contribution is 6.43. The molecule has 0 bridgehead atoms. The molecule has 0 atom stereocenters. The molecule has 0 spiro atoms. The molecule has 1 aliphatic rings. The third-order valence-corrected chi connectivity index (χ3v) is 4.49. The van der Waals surface area contributed by atoms with Crippen molar-refractivity contribution in [3.8, 4) is 0 Å². The minimum absolute atomic E-state index is 0.312. The van der Waals surface area contributed by atoms with Gasteiger partial charge in [0.25, 0.3) is 11.8 Å². The molecule has 0 saturated heterocycles. The largest absolute Gasteiger partial charge is 0.462 e. The second-order valence-corrected chi connectivity index (χ2v) is 6.28. The van der Waals surface area contributed by atoms with Gasteiger partial charge in [-0.05, 0) is 49.8 Å². The number of rotatable bonds is 2. The summed E-state index contributed by atoms with van der Waals surface area (Å²) in [6.07, 6.45) is 1.70. The van der Waals surface area contributed by atoms with Crippen molar-refractivity contribution in [1.29, 1.82) is 0 Å². The van der Waals surface area contributed by atoms with Gasteiger partial charge in [-0.15, -0.1) is 0 Å². The zero-order chi connectivity index (χ0) is 18.3. The van der Waals surface area contributed by atoms with E-state index in [4.69, 9.17) is 4.42 Å². The number of imide groups is 1. The van der Waals surface area contributed by atoms with E-state index in [1.807, 2.05) is 50.2 Å². The number of amides is 2. The molecule has 128 valence electrons. The highest BCUT2D eigenvalue weighted by atomic mass is 16.3. The maximum Gasteiger partial charge on any atom is 0.266 e. The van der Waals surface area contributed by atoms with Crippen LogP contribution >= 0.6 is 0 Å². The summed E-state index contributed by atoms with van der Waals surface area (Å²) in [4.78, 5) is 27.5. The van der Waals surface area contributed by atoms with E-state index in [1.165, 1.54) is 4.90 Å². The molecule has 0 unspecified atom stereocenters. The van der Waals surface area contributed by atoms with Gasteiger partial charge in [0.15, 0.2) is 0 Å². The second kappa shape index (κ2) is 6.15. The number of carbonyl (C=O) groups is 2. The van der Waals surface area contributed by atoms with E-state index in [0.717, 1.165) is 11.3 Å². The Morgan fingerprint density at radius 3 is 2.19 bits per heavy atom. The molecule has 26 heavy (non-hydrogen) atoms. The van der Waals surface area contributed by atoms with E-state index >= 15 is 0 Å². The number of hydrogen-bond acceptors (Lipinski definition) is 3. The van der Waals surface area contributed by atoms with Crippen LogP contribution in [0, 0.1) is 13.8 Å². The maximum absolute atomic E-state index is 13.3. The molecule has 2 heterocycles. The molecule has 3 aromatic rings. The summed E-state index contributed by atoms with van der Waals surface area (Å²) in [5.74, 6) is 0.685. The van der Waals surface area contributed by atoms with Gasteiger partial charge in [0, 0.05) is 11.1 Å². The number of para-hydroxylation sites is 1. The monoisotopic (exact) mass is 343 g/mol. The smallest absolute Gasteiger partial charge is 0.266 e. The highest BCUT2D eigenvalue weighted by Gasteiger charge is 2.36. The summed E-state index contributed by atoms with van der Waals surface area (Å²) < 4.78 is 5.61. The summed E-state index contributed by atoms with van der Waals surface area (Å²) in [5.41, 5.74) is 3.03. The zero-order valence-electron chi connectivity index (χ0n) is 14.5. The third kappa shape index (κ3) is 2.56. The first-order chi connectivity index (χ1) is 12.6. The van der Waals surface area contributed by atoms with Gasteiger partial charge in [0.05, 0.1) is 11.3 Å². The Morgan fingerprint density at radius 1 is 0.808 bits per heavy atom. The van der Waals surface area contributed by atoms with E-state index in [1.54, 1.807) is 30.3 Å². The average Bonchev–Trinajstić information content (AvgIpc) is 3.05. The van der Waals surface area contributed by atoms with Gasteiger partial charge >= 0.3 is 0 Å². The van der Waals surface area contributed by atoms with Crippen LogP contribution < -0.4 is 4.90 Å². The van der Waals surface area contributed by atoms with Gasteiger partial charge < -0.3 is 4.42 Å². The number of hydrogen-bond donors (Lipinski definition) is 0. The van der Waals surface area contributed by atoms with Crippen molar-refractivity contribution < 1.29 is 14.0 Å². The first kappa shape index (κ1) is 16.1. The van der Waals surface area contributed by atoms with E-state index in [0.29, 0.717) is 28.1 Å². The number of furan rings is 1. The van der Waals surface area contributed by atoms with Crippen molar-refractivity contribution >= 4 is 29.2 Å². The van der Waals surface area contributed by atoms with E-state index in [9.17, 15) is 9.59 Å². The van der Waals surface area contributed by atoms with Gasteiger partial charge in [-0.25, -0.2) is 4.90 Å². The Labute approximate surface area is 151 Å². The molecular formula is C22H17NO3. The minimum atomic E-state index is -0.350. The van der Waals surface area contributed by atoms with Crippen molar-refractivity contribution in [2.75, 3.05) is 4.90 Å². The summed E-state index contributed by atoms with van der Waals surface area (Å²) in [5, 5.41) is 0. The van der Waals surface area contributed by atoms with E-state index in [2.05, 4.69) is 0 Å². The molecule has 0 radical (unpaired) electrons. The number of anilines is 1. The van der Waals surface area contributed by atoms with Crippen LogP contribution in [0.3, 0.4) is 0 Å². The average molecular weight is 343 g/mol. The minimum Gasteiger partial charge on any atom is -0.462 e. The topological polar surface area (TPSA) is 50.5 Å². The van der Waals surface area contributed by atoms with Gasteiger partial charge in [-0.1, -0.05) is 36.4 Å². The van der Waals surface area contributed by atoms with Crippen LogP contribution in [0.4, 0.5) is 5.69 Å². The molecule has 0 fully saturated rings. The normalized spacial score (nSPS) is 15.5. The SMILES string of the molecule is Cc1ccc(/C=C2/C(=O)N(c3ccccc3C)C(=O)c3ccccc32)o1. The fraction of sp³-hybridized carbons (Fsp3) is 0.0909. The lowest BCUT2D eigenvalue weighted by Gasteiger charge is -2.29. The summed E-state index contributed by atoms with van der Waals surface area (Å²) in [6, 6.07) is 18.2. The van der Waals surface area contributed by atoms with Crippen LogP contribution in [0.5, 0.6) is 0 Å². The molecule has 0 saturated carbocycles. The number of benzene rings is 2. The third-order valence-electron chi connectivity index (χ3n) is 4.49. The quantitative estimate of drug-likeness (QED) is 0.504. The van der Waals surface area contributed by atoms with Gasteiger partial charge in [0.1, 0.15) is 11.5 Å². The first-order valence-corrected chi connectivity index (χ1v) is 8.38. The molecular weight excluding hydrogens is 326 g/mol. The van der Waals surface area contributed by atoms with Gasteiger partial charge in [-0.2, -0.15) is 0 Å². The fourth-order valence-corrected chi connectivity index (χ4v) is 3.20. The zero-order valence-corrected chi connectivity index (χ0v) is 14.5. The Balaban J connectivity index is 1.93. The lowest BCUT2D eigenvalue weighted by Crippen LogP contribution is -2.42. The predicted octanol–water partition coefficient (Wildman–Crippen LogP) is 4.62. The van der Waals surface area contributed by atoms with Crippen LogP contribution in [-0.2, 0) is 4.79 Å². The Kier molecular flexibility index (Phi) is 3.81. The van der Waals surface area contributed by atoms with Crippen molar-refractivity contribution in [2.45, 2.75) is 13.8 Å². The lowest BCUT2D eigenvalue weighted by molar-refractivity contribution is -0.112. The molecule has 2 amide bonds. The summed E-state index contributed by atoms with van der Waals surface area (Å²) >= 11 is 0. The first-order valence-electron chi connectivity index (χ1n) is 8.38. The molecule has 4 heteroatoms. The van der Waals surface area contributed by atoms with Gasteiger partial charge in [0.2, 0.25) is 0 Å². The van der Waals surface area contributed by atoms with Crippen LogP contribution in [0.2, 0.25) is 0 Å². The Bertz CT molecular complexity index is 1060. The van der Waals surface area contributed by atoms with Gasteiger partial charge in [-0.3, -0.25) is 9.59 Å². The van der Waals surface area contributed by atoms with Crippen molar-refractivity contribution in [3.05, 3.63) is 88.9 Å². The van der Waals surface area contributed by atoms with Crippen LogP contribution in [0.1, 0.15) is 33.0 Å². The molecule has 0 N–H and O–H groups in total. The Hall–Kier alpha value is -3.40. The number of carbonyl (C=O) groups excluding carboxylic acids is 2. The highest BCUT2D eigenvalue weighted by Crippen LogP contribution is 2.34. The number of nitrogens with zero attached hydrogens (tertiary/aromatic N) is 1. The second-order valence-electron chi connectivity index (χ2n) is 6.28. The standard InChI is InChI=1S/C22H17NO3/c1-14-7-3-6-10-20(14)23-21(24)18-9-5-4-8-17(18)19(22(23)25)13-16-12-11-15(2)26-16/h3-13H,1-2H3/b19-13+. The van der Waals surface area contributed by atoms with Crippen molar-refractivity contribution in [3.63, 3.8) is 0 Å². The molecule has 2 aromatic carbocycles. The van der Waals surface area contributed by atoms with Crippen LogP contribution in [0.25, 0.3) is 11.6 Å². The molecule has 4 nitrogen and oxygen atoms in total. The maximum atomic E-state index is 13.3. The Morgan fingerprint density at radius 2 is 1.50 bits per heavy atom. The van der Waals surface area contributed by atoms with Crippen molar-refractivity contribution in [2.24, 2.45) is 0 Å². The van der Waals surface area contributed by atoms with E-state index in [-0.39, 0.29) is 11.8 Å². The molecule has 4 rings (SSSR count). The molecule has 1 aromatic heterocycles. The van der Waals surface area contributed by atoms with Crippen LogP contribution in [-0.4, -0.2) is 11.8 Å². The summed E-state index contributed by atoms with van der Waals surface area (Å²) in [7, 11) is 0. The van der Waals surface area contributed by atoms with Crippen LogP contribution in [0.15, 0.2) is 65.1 Å². The van der Waals surface area contributed by atoms with E-state index < -0.39 is 0 Å².